The first-order chi connectivity index (χ1) is 11.9. The number of hydrogen-bond donors (Lipinski definition) is 2. The number of aromatic nitrogens is 5. The number of benzene rings is 1. The van der Waals surface area contributed by atoms with E-state index >= 15 is 0 Å². The standard InChI is InChI=1S/C14H10ClN5O4S/c15-10-1-3-11(4-2-10)25(23,24)20-6-5-9(8-20)12(21)7-13(22)14-16-18-19-17-14/h1-8,21H,(H,16,17,18,19). The molecule has 2 heterocycles. The van der Waals surface area contributed by atoms with E-state index in [9.17, 15) is 18.3 Å². The number of H-pyrrole nitrogens is 1. The van der Waals surface area contributed by atoms with Crippen molar-refractivity contribution in [1.82, 2.24) is 24.6 Å². The number of aliphatic hydroxyl groups is 1. The van der Waals surface area contributed by atoms with Gasteiger partial charge in [-0.3, -0.25) is 4.79 Å². The van der Waals surface area contributed by atoms with Crippen molar-refractivity contribution in [2.45, 2.75) is 4.90 Å². The Kier molecular flexibility index (Phi) is 4.38. The lowest BCUT2D eigenvalue weighted by molar-refractivity contribution is 0.103. The fourth-order valence-electron chi connectivity index (χ4n) is 1.94. The predicted octanol–water partition coefficient (Wildman–Crippen LogP) is 1.67. The quantitative estimate of drug-likeness (QED) is 0.391. The van der Waals surface area contributed by atoms with Gasteiger partial charge in [-0.25, -0.2) is 12.4 Å². The molecular formula is C14H10ClN5O4S. The molecule has 128 valence electrons. The fraction of sp³-hybridized carbons (Fsp3) is 0. The Bertz CT molecular complexity index is 1040. The van der Waals surface area contributed by atoms with E-state index in [4.69, 9.17) is 11.6 Å². The summed E-state index contributed by atoms with van der Waals surface area (Å²) in [6.45, 7) is 0. The molecule has 0 saturated carbocycles. The fourth-order valence-corrected chi connectivity index (χ4v) is 3.27. The maximum atomic E-state index is 12.5. The van der Waals surface area contributed by atoms with Crippen molar-refractivity contribution in [2.75, 3.05) is 0 Å². The van der Waals surface area contributed by atoms with Crippen molar-refractivity contribution in [3.8, 4) is 0 Å². The molecule has 0 saturated heterocycles. The highest BCUT2D eigenvalue weighted by atomic mass is 35.5. The first-order valence-electron chi connectivity index (χ1n) is 6.76. The molecule has 11 heteroatoms. The van der Waals surface area contributed by atoms with Gasteiger partial charge >= 0.3 is 0 Å². The molecule has 25 heavy (non-hydrogen) atoms. The van der Waals surface area contributed by atoms with Crippen LogP contribution in [0.15, 0.2) is 53.7 Å². The Morgan fingerprint density at radius 2 is 1.96 bits per heavy atom. The molecule has 0 spiro atoms. The molecular weight excluding hydrogens is 370 g/mol. The van der Waals surface area contributed by atoms with Crippen LogP contribution in [0.1, 0.15) is 16.2 Å². The number of tetrazole rings is 1. The van der Waals surface area contributed by atoms with E-state index in [2.05, 4.69) is 20.6 Å². The van der Waals surface area contributed by atoms with Gasteiger partial charge in [-0.1, -0.05) is 11.6 Å². The molecule has 0 aliphatic rings. The summed E-state index contributed by atoms with van der Waals surface area (Å²) in [4.78, 5) is 11.8. The second kappa shape index (κ2) is 6.49. The SMILES string of the molecule is O=C(C=C(O)c1ccn(S(=O)(=O)c2ccc(Cl)cc2)c1)c1nn[nH]n1. The van der Waals surface area contributed by atoms with E-state index in [0.717, 1.165) is 10.0 Å². The van der Waals surface area contributed by atoms with Gasteiger partial charge in [0.25, 0.3) is 10.0 Å². The van der Waals surface area contributed by atoms with Gasteiger partial charge in [0.15, 0.2) is 0 Å². The maximum Gasteiger partial charge on any atom is 0.267 e. The average molecular weight is 380 g/mol. The van der Waals surface area contributed by atoms with Crippen LogP contribution in [0.3, 0.4) is 0 Å². The number of carbonyl (C=O) groups excluding carboxylic acids is 1. The molecule has 0 aliphatic heterocycles. The number of allylic oxidation sites excluding steroid dienone is 1. The second-order valence-electron chi connectivity index (χ2n) is 4.82. The Morgan fingerprint density at radius 3 is 2.60 bits per heavy atom. The highest BCUT2D eigenvalue weighted by molar-refractivity contribution is 7.90. The zero-order valence-electron chi connectivity index (χ0n) is 12.4. The van der Waals surface area contributed by atoms with Crippen LogP contribution in [0.5, 0.6) is 0 Å². The van der Waals surface area contributed by atoms with Crippen molar-refractivity contribution >= 4 is 33.2 Å². The lowest BCUT2D eigenvalue weighted by Gasteiger charge is -2.05. The molecule has 0 fully saturated rings. The molecule has 9 nitrogen and oxygen atoms in total. The van der Waals surface area contributed by atoms with Crippen LogP contribution >= 0.6 is 11.6 Å². The molecule has 0 bridgehead atoms. The lowest BCUT2D eigenvalue weighted by Crippen LogP contribution is -2.10. The van der Waals surface area contributed by atoms with Gasteiger partial charge in [-0.15, -0.1) is 10.2 Å². The van der Waals surface area contributed by atoms with Gasteiger partial charge in [0, 0.05) is 29.1 Å². The summed E-state index contributed by atoms with van der Waals surface area (Å²) in [5.41, 5.74) is 0.134. The van der Waals surface area contributed by atoms with Crippen molar-refractivity contribution in [3.63, 3.8) is 0 Å². The van der Waals surface area contributed by atoms with Crippen LogP contribution in [0.25, 0.3) is 5.76 Å². The number of halogens is 1. The Morgan fingerprint density at radius 1 is 1.24 bits per heavy atom. The number of aromatic amines is 1. The predicted molar refractivity (Wildman–Crippen MR) is 87.6 cm³/mol. The smallest absolute Gasteiger partial charge is 0.267 e. The summed E-state index contributed by atoms with van der Waals surface area (Å²) in [5, 5.41) is 22.7. The number of hydrogen-bond acceptors (Lipinski definition) is 7. The van der Waals surface area contributed by atoms with E-state index < -0.39 is 21.6 Å². The van der Waals surface area contributed by atoms with Gasteiger partial charge < -0.3 is 5.11 Å². The summed E-state index contributed by atoms with van der Waals surface area (Å²) in [6, 6.07) is 7.00. The largest absolute Gasteiger partial charge is 0.507 e. The van der Waals surface area contributed by atoms with Crippen LogP contribution in [-0.2, 0) is 10.0 Å². The highest BCUT2D eigenvalue weighted by Crippen LogP contribution is 2.20. The van der Waals surface area contributed by atoms with Gasteiger partial charge in [0.05, 0.1) is 4.90 Å². The molecule has 1 aromatic carbocycles. The van der Waals surface area contributed by atoms with Gasteiger partial charge in [0.2, 0.25) is 11.6 Å². The van der Waals surface area contributed by atoms with Crippen molar-refractivity contribution in [1.29, 1.82) is 0 Å². The molecule has 0 unspecified atom stereocenters. The van der Waals surface area contributed by atoms with Crippen LogP contribution in [-0.4, -0.2) is 43.9 Å². The van der Waals surface area contributed by atoms with E-state index in [-0.39, 0.29) is 16.3 Å². The van der Waals surface area contributed by atoms with Crippen LogP contribution < -0.4 is 0 Å². The van der Waals surface area contributed by atoms with Crippen molar-refractivity contribution in [2.24, 2.45) is 0 Å². The summed E-state index contributed by atoms with van der Waals surface area (Å²) < 4.78 is 25.9. The third-order valence-corrected chi connectivity index (χ3v) is 5.09. The first kappa shape index (κ1) is 16.9. The zero-order chi connectivity index (χ0) is 18.0. The van der Waals surface area contributed by atoms with Gasteiger partial charge in [0.1, 0.15) is 5.76 Å². The lowest BCUT2D eigenvalue weighted by atomic mass is 10.2. The number of aliphatic hydroxyl groups excluding tert-OH is 1. The normalized spacial score (nSPS) is 12.3. The third-order valence-electron chi connectivity index (χ3n) is 3.19. The highest BCUT2D eigenvalue weighted by Gasteiger charge is 2.18. The number of nitrogens with one attached hydrogen (secondary N) is 1. The maximum absolute atomic E-state index is 12.5. The monoisotopic (exact) mass is 379 g/mol. The van der Waals surface area contributed by atoms with Crippen molar-refractivity contribution < 1.29 is 18.3 Å². The van der Waals surface area contributed by atoms with E-state index in [1.165, 1.54) is 42.7 Å². The van der Waals surface area contributed by atoms with Crippen LogP contribution in [0, 0.1) is 0 Å². The summed E-state index contributed by atoms with van der Waals surface area (Å²) in [5.74, 6) is -1.33. The number of nitrogens with zero attached hydrogens (tertiary/aromatic N) is 4. The minimum Gasteiger partial charge on any atom is -0.507 e. The minimum atomic E-state index is -3.85. The summed E-state index contributed by atoms with van der Waals surface area (Å²) in [7, 11) is -3.85. The average Bonchev–Trinajstić information content (AvgIpc) is 3.27. The first-order valence-corrected chi connectivity index (χ1v) is 8.57. The molecule has 0 atom stereocenters. The summed E-state index contributed by atoms with van der Waals surface area (Å²) >= 11 is 5.75. The Hall–Kier alpha value is -2.98. The Balaban J connectivity index is 1.89. The van der Waals surface area contributed by atoms with Gasteiger partial charge in [-0.2, -0.15) is 5.21 Å². The molecule has 0 aliphatic carbocycles. The number of carbonyl (C=O) groups is 1. The molecule has 3 rings (SSSR count). The molecule has 3 aromatic rings. The van der Waals surface area contributed by atoms with E-state index in [1.807, 2.05) is 0 Å². The number of ketones is 1. The van der Waals surface area contributed by atoms with E-state index in [0.29, 0.717) is 5.02 Å². The molecule has 2 aromatic heterocycles. The van der Waals surface area contributed by atoms with Crippen molar-refractivity contribution in [3.05, 3.63) is 65.2 Å². The minimum absolute atomic E-state index is 0.0328. The van der Waals surface area contributed by atoms with E-state index in [1.54, 1.807) is 0 Å². The topological polar surface area (TPSA) is 131 Å². The van der Waals surface area contributed by atoms with Crippen LogP contribution in [0.2, 0.25) is 5.02 Å². The zero-order valence-corrected chi connectivity index (χ0v) is 13.9. The molecule has 0 radical (unpaired) electrons. The summed E-state index contributed by atoms with van der Waals surface area (Å²) in [6.07, 6.45) is 3.31. The number of rotatable bonds is 5. The molecule has 0 amide bonds. The third kappa shape index (κ3) is 3.44. The van der Waals surface area contributed by atoms with Gasteiger partial charge in [-0.05, 0) is 35.5 Å². The Labute approximate surface area is 146 Å². The second-order valence-corrected chi connectivity index (χ2v) is 7.10. The molecule has 2 N–H and O–H groups in total. The van der Waals surface area contributed by atoms with Crippen LogP contribution in [0.4, 0.5) is 0 Å².